The number of nitrogens with zero attached hydrogens (tertiary/aromatic N) is 2. The molecule has 9 heteroatoms. The maximum absolute atomic E-state index is 11.6. The van der Waals surface area contributed by atoms with Crippen molar-refractivity contribution in [3.8, 4) is 0 Å². The van der Waals surface area contributed by atoms with Crippen molar-refractivity contribution >= 4 is 51.5 Å². The second kappa shape index (κ2) is 8.65. The molecular weight excluding hydrogens is 348 g/mol. The van der Waals surface area contributed by atoms with Crippen LogP contribution in [0.4, 0.5) is 16.5 Å². The Kier molecular flexibility index (Phi) is 6.56. The van der Waals surface area contributed by atoms with Gasteiger partial charge in [0, 0.05) is 18.3 Å². The molecule has 0 saturated heterocycles. The van der Waals surface area contributed by atoms with E-state index in [0.717, 1.165) is 5.69 Å². The molecule has 0 bridgehead atoms. The van der Waals surface area contributed by atoms with Crippen molar-refractivity contribution in [1.82, 2.24) is 10.2 Å². The van der Waals surface area contributed by atoms with Gasteiger partial charge in [0.1, 0.15) is 5.25 Å². The highest BCUT2D eigenvalue weighted by atomic mass is 32.2. The summed E-state index contributed by atoms with van der Waals surface area (Å²) in [6.07, 6.45) is 0. The van der Waals surface area contributed by atoms with Gasteiger partial charge < -0.3 is 15.4 Å². The molecule has 1 atom stereocenters. The van der Waals surface area contributed by atoms with Crippen molar-refractivity contribution in [3.63, 3.8) is 0 Å². The van der Waals surface area contributed by atoms with Crippen LogP contribution in [0.2, 0.25) is 0 Å². The summed E-state index contributed by atoms with van der Waals surface area (Å²) in [6.45, 7) is 5.36. The number of anilines is 3. The van der Waals surface area contributed by atoms with Crippen molar-refractivity contribution in [3.05, 3.63) is 24.3 Å². The minimum absolute atomic E-state index is 0.130. The van der Waals surface area contributed by atoms with Gasteiger partial charge >= 0.3 is 5.97 Å². The van der Waals surface area contributed by atoms with Crippen molar-refractivity contribution in [2.24, 2.45) is 0 Å². The van der Waals surface area contributed by atoms with Gasteiger partial charge in [-0.15, -0.1) is 10.2 Å². The van der Waals surface area contributed by atoms with Crippen LogP contribution in [0.3, 0.4) is 0 Å². The first-order chi connectivity index (χ1) is 11.5. The normalized spacial score (nSPS) is 11.6. The SMILES string of the molecule is CCOC(=O)[C@@H](C)Sc1nnc(Nc2cccc(NC(C)=O)c2)s1. The molecule has 1 amide bonds. The molecule has 0 saturated carbocycles. The molecule has 7 nitrogen and oxygen atoms in total. The molecule has 0 aliphatic rings. The Morgan fingerprint density at radius 1 is 1.33 bits per heavy atom. The molecule has 0 spiro atoms. The van der Waals surface area contributed by atoms with Crippen LogP contribution in [-0.2, 0) is 14.3 Å². The molecule has 2 rings (SSSR count). The highest BCUT2D eigenvalue weighted by molar-refractivity contribution is 8.02. The molecule has 24 heavy (non-hydrogen) atoms. The second-order valence-corrected chi connectivity index (χ2v) is 7.34. The van der Waals surface area contributed by atoms with Crippen molar-refractivity contribution < 1.29 is 14.3 Å². The first-order valence-corrected chi connectivity index (χ1v) is 8.99. The third-order valence-corrected chi connectivity index (χ3v) is 4.74. The molecule has 1 aromatic heterocycles. The fourth-order valence-electron chi connectivity index (χ4n) is 1.77. The van der Waals surface area contributed by atoms with E-state index >= 15 is 0 Å². The van der Waals surface area contributed by atoms with E-state index in [0.29, 0.717) is 21.8 Å². The highest BCUT2D eigenvalue weighted by Crippen LogP contribution is 2.31. The van der Waals surface area contributed by atoms with Crippen LogP contribution >= 0.6 is 23.1 Å². The molecule has 0 aliphatic carbocycles. The summed E-state index contributed by atoms with van der Waals surface area (Å²) < 4.78 is 5.65. The number of nitrogens with one attached hydrogen (secondary N) is 2. The van der Waals surface area contributed by atoms with E-state index in [2.05, 4.69) is 20.8 Å². The lowest BCUT2D eigenvalue weighted by atomic mass is 10.3. The molecule has 0 radical (unpaired) electrons. The standard InChI is InChI=1S/C15H18N4O3S2/c1-4-22-13(21)9(2)23-15-19-18-14(24-15)17-12-7-5-6-11(8-12)16-10(3)20/h5-9H,4H2,1-3H3,(H,16,20)(H,17,18)/t9-/m1/s1. The van der Waals surface area contributed by atoms with Gasteiger partial charge in [0.2, 0.25) is 11.0 Å². The Hall–Kier alpha value is -2.13. The third-order valence-electron chi connectivity index (χ3n) is 2.74. The van der Waals surface area contributed by atoms with Crippen LogP contribution in [0.5, 0.6) is 0 Å². The molecule has 0 aliphatic heterocycles. The Labute approximate surface area is 148 Å². The van der Waals surface area contributed by atoms with Gasteiger partial charge in [0.15, 0.2) is 4.34 Å². The van der Waals surface area contributed by atoms with E-state index < -0.39 is 0 Å². The molecule has 1 aromatic carbocycles. The van der Waals surface area contributed by atoms with Gasteiger partial charge in [-0.1, -0.05) is 29.2 Å². The van der Waals surface area contributed by atoms with Crippen LogP contribution < -0.4 is 10.6 Å². The van der Waals surface area contributed by atoms with Gasteiger partial charge in [-0.3, -0.25) is 9.59 Å². The van der Waals surface area contributed by atoms with E-state index in [-0.39, 0.29) is 17.1 Å². The molecule has 1 heterocycles. The Bertz CT molecular complexity index is 720. The fourth-order valence-corrected chi connectivity index (χ4v) is 3.68. The monoisotopic (exact) mass is 366 g/mol. The first kappa shape index (κ1) is 18.2. The zero-order valence-electron chi connectivity index (χ0n) is 13.5. The number of hydrogen-bond acceptors (Lipinski definition) is 8. The molecule has 0 unspecified atom stereocenters. The predicted octanol–water partition coefficient (Wildman–Crippen LogP) is 3.28. The van der Waals surface area contributed by atoms with E-state index in [1.54, 1.807) is 26.0 Å². The lowest BCUT2D eigenvalue weighted by molar-refractivity contribution is -0.142. The molecular formula is C15H18N4O3S2. The van der Waals surface area contributed by atoms with Gasteiger partial charge in [-0.05, 0) is 32.0 Å². The van der Waals surface area contributed by atoms with Crippen LogP contribution in [0.15, 0.2) is 28.6 Å². The van der Waals surface area contributed by atoms with Crippen LogP contribution in [-0.4, -0.2) is 33.9 Å². The van der Waals surface area contributed by atoms with E-state index in [9.17, 15) is 9.59 Å². The number of carbonyl (C=O) groups is 2. The van der Waals surface area contributed by atoms with E-state index in [1.807, 2.05) is 12.1 Å². The number of carbonyl (C=O) groups excluding carboxylic acids is 2. The number of esters is 1. The highest BCUT2D eigenvalue weighted by Gasteiger charge is 2.18. The summed E-state index contributed by atoms with van der Waals surface area (Å²) in [5.41, 5.74) is 1.48. The minimum atomic E-state index is -0.339. The second-order valence-electron chi connectivity index (χ2n) is 4.77. The number of rotatable bonds is 7. The van der Waals surface area contributed by atoms with Crippen LogP contribution in [0.25, 0.3) is 0 Å². The predicted molar refractivity (Wildman–Crippen MR) is 95.9 cm³/mol. The number of hydrogen-bond donors (Lipinski definition) is 2. The van der Waals surface area contributed by atoms with Gasteiger partial charge in [-0.2, -0.15) is 0 Å². The average molecular weight is 366 g/mol. The van der Waals surface area contributed by atoms with Crippen LogP contribution in [0, 0.1) is 0 Å². The molecule has 2 aromatic rings. The first-order valence-electron chi connectivity index (χ1n) is 7.29. The summed E-state index contributed by atoms with van der Waals surface area (Å²) in [5.74, 6) is -0.398. The minimum Gasteiger partial charge on any atom is -0.465 e. The quantitative estimate of drug-likeness (QED) is 0.574. The Morgan fingerprint density at radius 3 is 2.79 bits per heavy atom. The number of aromatic nitrogens is 2. The van der Waals surface area contributed by atoms with Crippen molar-refractivity contribution in [2.75, 3.05) is 17.2 Å². The average Bonchev–Trinajstić information content (AvgIpc) is 2.94. The Morgan fingerprint density at radius 2 is 2.08 bits per heavy atom. The van der Waals surface area contributed by atoms with Crippen molar-refractivity contribution in [1.29, 1.82) is 0 Å². The molecule has 2 N–H and O–H groups in total. The van der Waals surface area contributed by atoms with E-state index in [1.165, 1.54) is 30.0 Å². The smallest absolute Gasteiger partial charge is 0.319 e. The number of amides is 1. The summed E-state index contributed by atoms with van der Waals surface area (Å²) >= 11 is 2.65. The zero-order valence-corrected chi connectivity index (χ0v) is 15.2. The van der Waals surface area contributed by atoms with Crippen molar-refractivity contribution in [2.45, 2.75) is 30.4 Å². The maximum Gasteiger partial charge on any atom is 0.319 e. The largest absolute Gasteiger partial charge is 0.465 e. The Balaban J connectivity index is 1.98. The van der Waals surface area contributed by atoms with Gasteiger partial charge in [0.25, 0.3) is 0 Å². The molecule has 0 fully saturated rings. The number of thioether (sulfide) groups is 1. The maximum atomic E-state index is 11.6. The lowest BCUT2D eigenvalue weighted by Crippen LogP contribution is -2.16. The van der Waals surface area contributed by atoms with E-state index in [4.69, 9.17) is 4.74 Å². The lowest BCUT2D eigenvalue weighted by Gasteiger charge is -2.07. The summed E-state index contributed by atoms with van der Waals surface area (Å²) in [5, 5.41) is 14.2. The topological polar surface area (TPSA) is 93.2 Å². The number of benzene rings is 1. The summed E-state index contributed by atoms with van der Waals surface area (Å²) in [4.78, 5) is 22.7. The van der Waals surface area contributed by atoms with Gasteiger partial charge in [-0.25, -0.2) is 0 Å². The summed E-state index contributed by atoms with van der Waals surface area (Å²) in [6, 6.07) is 7.29. The fraction of sp³-hybridized carbons (Fsp3) is 0.333. The third kappa shape index (κ3) is 5.50. The number of ether oxygens (including phenoxy) is 1. The van der Waals surface area contributed by atoms with Gasteiger partial charge in [0.05, 0.1) is 6.61 Å². The summed E-state index contributed by atoms with van der Waals surface area (Å²) in [7, 11) is 0. The molecule has 128 valence electrons. The zero-order chi connectivity index (χ0) is 17.5. The van der Waals surface area contributed by atoms with Crippen LogP contribution in [0.1, 0.15) is 20.8 Å².